The second-order valence-electron chi connectivity index (χ2n) is 6.91. The Morgan fingerprint density at radius 2 is 1.78 bits per heavy atom. The average Bonchev–Trinajstić information content (AvgIpc) is 3.16. The zero-order chi connectivity index (χ0) is 19.1. The molecule has 0 saturated carbocycles. The summed E-state index contributed by atoms with van der Waals surface area (Å²) in [5, 5.41) is 3.41. The van der Waals surface area contributed by atoms with E-state index >= 15 is 0 Å². The molecule has 1 amide bonds. The van der Waals surface area contributed by atoms with Crippen molar-refractivity contribution in [2.45, 2.75) is 31.8 Å². The minimum absolute atomic E-state index is 0.188. The highest BCUT2D eigenvalue weighted by molar-refractivity contribution is 5.79. The Labute approximate surface area is 161 Å². The van der Waals surface area contributed by atoms with Gasteiger partial charge >= 0.3 is 0 Å². The van der Waals surface area contributed by atoms with Crippen LogP contribution in [0.5, 0.6) is 5.75 Å². The fraction of sp³-hybridized carbons (Fsp3) is 0.409. The summed E-state index contributed by atoms with van der Waals surface area (Å²) < 4.78 is 10.4. The van der Waals surface area contributed by atoms with E-state index in [2.05, 4.69) is 5.32 Å². The van der Waals surface area contributed by atoms with Gasteiger partial charge in [-0.15, -0.1) is 0 Å². The van der Waals surface area contributed by atoms with Gasteiger partial charge in [-0.25, -0.2) is 0 Å². The topological polar surface area (TPSA) is 50.8 Å². The van der Waals surface area contributed by atoms with Crippen LogP contribution in [0.25, 0.3) is 0 Å². The van der Waals surface area contributed by atoms with Crippen LogP contribution in [0.3, 0.4) is 0 Å². The van der Waals surface area contributed by atoms with Gasteiger partial charge in [-0.3, -0.25) is 4.79 Å². The zero-order valence-corrected chi connectivity index (χ0v) is 16.1. The molecular weight excluding hydrogens is 340 g/mol. The number of anilines is 1. The third kappa shape index (κ3) is 5.23. The van der Waals surface area contributed by atoms with Crippen LogP contribution in [0, 0.1) is 0 Å². The molecule has 0 unspecified atom stereocenters. The smallest absolute Gasteiger partial charge is 0.227 e. The van der Waals surface area contributed by atoms with Crippen molar-refractivity contribution in [2.24, 2.45) is 0 Å². The Kier molecular flexibility index (Phi) is 6.71. The second kappa shape index (κ2) is 9.42. The molecule has 5 nitrogen and oxygen atoms in total. The molecular formula is C22H28N2O3. The van der Waals surface area contributed by atoms with E-state index in [4.69, 9.17) is 9.47 Å². The average molecular weight is 368 g/mol. The lowest BCUT2D eigenvalue weighted by molar-refractivity contribution is -0.132. The Balaban J connectivity index is 1.51. The maximum atomic E-state index is 12.6. The molecule has 2 aromatic carbocycles. The number of hydrogen-bond acceptors (Lipinski definition) is 4. The molecule has 2 aromatic rings. The predicted octanol–water partition coefficient (Wildman–Crippen LogP) is 3.49. The van der Waals surface area contributed by atoms with Crippen molar-refractivity contribution in [3.8, 4) is 5.75 Å². The summed E-state index contributed by atoms with van der Waals surface area (Å²) in [5.74, 6) is 1.05. The summed E-state index contributed by atoms with van der Waals surface area (Å²) >= 11 is 0. The Morgan fingerprint density at radius 1 is 1.07 bits per heavy atom. The summed E-state index contributed by atoms with van der Waals surface area (Å²) in [6.07, 6.45) is 2.54. The Hall–Kier alpha value is -2.53. The molecule has 144 valence electrons. The third-order valence-electron chi connectivity index (χ3n) is 5.02. The number of hydrogen-bond donors (Lipinski definition) is 1. The number of nitrogens with zero attached hydrogens (tertiary/aromatic N) is 1. The summed E-state index contributed by atoms with van der Waals surface area (Å²) in [6.45, 7) is 2.21. The fourth-order valence-electron chi connectivity index (χ4n) is 3.49. The Morgan fingerprint density at radius 3 is 2.44 bits per heavy atom. The minimum Gasteiger partial charge on any atom is -0.497 e. The highest BCUT2D eigenvalue weighted by Crippen LogP contribution is 2.20. The zero-order valence-electron chi connectivity index (χ0n) is 16.1. The van der Waals surface area contributed by atoms with Crippen LogP contribution in [-0.4, -0.2) is 44.2 Å². The van der Waals surface area contributed by atoms with Crippen LogP contribution < -0.4 is 10.1 Å². The first kappa shape index (κ1) is 19.2. The van der Waals surface area contributed by atoms with Gasteiger partial charge in [0, 0.05) is 25.9 Å². The van der Waals surface area contributed by atoms with Crippen LogP contribution >= 0.6 is 0 Å². The Bertz CT molecular complexity index is 728. The van der Waals surface area contributed by atoms with Crippen molar-refractivity contribution in [1.29, 1.82) is 0 Å². The van der Waals surface area contributed by atoms with Crippen LogP contribution in [0.4, 0.5) is 5.69 Å². The van der Waals surface area contributed by atoms with Crippen molar-refractivity contribution in [3.63, 3.8) is 0 Å². The van der Waals surface area contributed by atoms with E-state index in [1.165, 1.54) is 5.56 Å². The van der Waals surface area contributed by atoms with E-state index in [1.807, 2.05) is 53.4 Å². The molecule has 1 atom stereocenters. The van der Waals surface area contributed by atoms with E-state index in [1.54, 1.807) is 14.2 Å². The number of carbonyl (C=O) groups is 1. The minimum atomic E-state index is 0.188. The first-order chi connectivity index (χ1) is 13.2. The van der Waals surface area contributed by atoms with Crippen LogP contribution in [0.2, 0.25) is 0 Å². The van der Waals surface area contributed by atoms with Gasteiger partial charge in [0.25, 0.3) is 0 Å². The molecule has 27 heavy (non-hydrogen) atoms. The number of rotatable bonds is 8. The van der Waals surface area contributed by atoms with Crippen molar-refractivity contribution < 1.29 is 14.3 Å². The molecule has 1 saturated heterocycles. The van der Waals surface area contributed by atoms with Gasteiger partial charge in [-0.2, -0.15) is 0 Å². The molecule has 1 aliphatic heterocycles. The highest BCUT2D eigenvalue weighted by Gasteiger charge is 2.28. The molecule has 0 radical (unpaired) electrons. The number of amides is 1. The maximum Gasteiger partial charge on any atom is 0.227 e. The number of carbonyl (C=O) groups excluding carboxylic acids is 1. The summed E-state index contributed by atoms with van der Waals surface area (Å²) in [6, 6.07) is 16.3. The molecule has 0 aromatic heterocycles. The van der Waals surface area contributed by atoms with Crippen LogP contribution in [0.1, 0.15) is 24.0 Å². The largest absolute Gasteiger partial charge is 0.497 e. The first-order valence-electron chi connectivity index (χ1n) is 9.43. The number of nitrogens with one attached hydrogen (secondary N) is 1. The molecule has 3 rings (SSSR count). The highest BCUT2D eigenvalue weighted by atomic mass is 16.5. The van der Waals surface area contributed by atoms with Crippen molar-refractivity contribution in [2.75, 3.05) is 32.7 Å². The summed E-state index contributed by atoms with van der Waals surface area (Å²) in [5.41, 5.74) is 3.27. The number of benzene rings is 2. The van der Waals surface area contributed by atoms with E-state index in [9.17, 15) is 4.79 Å². The third-order valence-corrected chi connectivity index (χ3v) is 5.02. The lowest BCUT2D eigenvalue weighted by Crippen LogP contribution is -2.38. The molecule has 5 heteroatoms. The quantitative estimate of drug-likeness (QED) is 0.775. The molecule has 1 fully saturated rings. The normalized spacial score (nSPS) is 16.4. The van der Waals surface area contributed by atoms with Gasteiger partial charge < -0.3 is 19.7 Å². The second-order valence-corrected chi connectivity index (χ2v) is 6.91. The molecule has 0 aliphatic carbocycles. The van der Waals surface area contributed by atoms with E-state index < -0.39 is 0 Å². The van der Waals surface area contributed by atoms with E-state index in [-0.39, 0.29) is 11.9 Å². The van der Waals surface area contributed by atoms with Gasteiger partial charge in [0.1, 0.15) is 5.75 Å². The molecule has 0 spiro atoms. The van der Waals surface area contributed by atoms with Gasteiger partial charge in [-0.1, -0.05) is 24.3 Å². The summed E-state index contributed by atoms with van der Waals surface area (Å²) in [4.78, 5) is 14.6. The van der Waals surface area contributed by atoms with Gasteiger partial charge in [0.05, 0.1) is 26.2 Å². The van der Waals surface area contributed by atoms with Crippen molar-refractivity contribution >= 4 is 11.6 Å². The molecule has 1 heterocycles. The van der Waals surface area contributed by atoms with Crippen molar-refractivity contribution in [3.05, 3.63) is 59.7 Å². The lowest BCUT2D eigenvalue weighted by Gasteiger charge is -2.24. The predicted molar refractivity (Wildman–Crippen MR) is 107 cm³/mol. The van der Waals surface area contributed by atoms with E-state index in [0.29, 0.717) is 13.0 Å². The van der Waals surface area contributed by atoms with Crippen molar-refractivity contribution in [1.82, 2.24) is 4.90 Å². The van der Waals surface area contributed by atoms with E-state index in [0.717, 1.165) is 42.9 Å². The first-order valence-corrected chi connectivity index (χ1v) is 9.43. The van der Waals surface area contributed by atoms with Crippen LogP contribution in [-0.2, 0) is 22.5 Å². The maximum absolute atomic E-state index is 12.6. The van der Waals surface area contributed by atoms with Gasteiger partial charge in [-0.05, 0) is 48.2 Å². The number of likely N-dealkylation sites (tertiary alicyclic amines) is 1. The standard InChI is InChI=1S/C22H28N2O3/c1-26-16-20-4-3-13-24(20)22(25)14-17-5-9-19(10-6-17)23-15-18-7-11-21(27-2)12-8-18/h5-12,20,23H,3-4,13-16H2,1-2H3/t20-/m0/s1. The monoisotopic (exact) mass is 368 g/mol. The van der Waals surface area contributed by atoms with Gasteiger partial charge in [0.15, 0.2) is 0 Å². The lowest BCUT2D eigenvalue weighted by atomic mass is 10.1. The molecule has 1 N–H and O–H groups in total. The SMILES string of the molecule is COC[C@@H]1CCCN1C(=O)Cc1ccc(NCc2ccc(OC)cc2)cc1. The van der Waals surface area contributed by atoms with Gasteiger partial charge in [0.2, 0.25) is 5.91 Å². The fourth-order valence-corrected chi connectivity index (χ4v) is 3.49. The van der Waals surface area contributed by atoms with Crippen LogP contribution in [0.15, 0.2) is 48.5 Å². The molecule has 1 aliphatic rings. The number of ether oxygens (including phenoxy) is 2. The molecule has 0 bridgehead atoms. The summed E-state index contributed by atoms with van der Waals surface area (Å²) in [7, 11) is 3.36. The number of methoxy groups -OCH3 is 2.